The summed E-state index contributed by atoms with van der Waals surface area (Å²) in [4.78, 5) is 26.1. The first-order chi connectivity index (χ1) is 12.0. The fraction of sp³-hybridized carbons (Fsp3) is 0.556. The van der Waals surface area contributed by atoms with Crippen LogP contribution in [0.2, 0.25) is 5.02 Å². The van der Waals surface area contributed by atoms with Crippen molar-refractivity contribution in [2.24, 2.45) is 0 Å². The Balaban J connectivity index is 2.11. The van der Waals surface area contributed by atoms with Crippen LogP contribution in [0.25, 0.3) is 0 Å². The standard InChI is InChI=1S/C18H25ClN2O4/c1-12(22)21(13-7-5-4-6-8-13)11-18(23)20-15-10-16(24-2)14(19)9-17(15)25-3/h9-10,13H,4-8,11H2,1-3H3,(H,20,23). The molecule has 6 nitrogen and oxygen atoms in total. The predicted octanol–water partition coefficient (Wildman–Crippen LogP) is 3.48. The Bertz CT molecular complexity index is 630. The van der Waals surface area contributed by atoms with Gasteiger partial charge in [0.2, 0.25) is 11.8 Å². The van der Waals surface area contributed by atoms with Crippen molar-refractivity contribution < 1.29 is 19.1 Å². The molecule has 0 atom stereocenters. The van der Waals surface area contributed by atoms with Crippen LogP contribution in [0.4, 0.5) is 5.69 Å². The van der Waals surface area contributed by atoms with Crippen LogP contribution >= 0.6 is 11.6 Å². The third-order valence-electron chi connectivity index (χ3n) is 4.48. The Morgan fingerprint density at radius 1 is 1.16 bits per heavy atom. The molecule has 1 aliphatic rings. The molecular formula is C18H25ClN2O4. The molecule has 2 amide bonds. The highest BCUT2D eigenvalue weighted by Gasteiger charge is 2.25. The van der Waals surface area contributed by atoms with E-state index in [2.05, 4.69) is 5.32 Å². The summed E-state index contributed by atoms with van der Waals surface area (Å²) in [6.45, 7) is 1.53. The third-order valence-corrected chi connectivity index (χ3v) is 4.78. The number of anilines is 1. The third kappa shape index (κ3) is 5.01. The molecule has 25 heavy (non-hydrogen) atoms. The number of rotatable bonds is 6. The number of amides is 2. The molecule has 0 spiro atoms. The summed E-state index contributed by atoms with van der Waals surface area (Å²) in [6.07, 6.45) is 5.28. The summed E-state index contributed by atoms with van der Waals surface area (Å²) in [5.74, 6) is 0.519. The number of ether oxygens (including phenoxy) is 2. The molecule has 0 radical (unpaired) electrons. The monoisotopic (exact) mass is 368 g/mol. The van der Waals surface area contributed by atoms with E-state index in [9.17, 15) is 9.59 Å². The summed E-state index contributed by atoms with van der Waals surface area (Å²) in [7, 11) is 3.00. The number of methoxy groups -OCH3 is 2. The van der Waals surface area contributed by atoms with Gasteiger partial charge in [-0.15, -0.1) is 0 Å². The Hall–Kier alpha value is -1.95. The van der Waals surface area contributed by atoms with Crippen LogP contribution < -0.4 is 14.8 Å². The second-order valence-corrected chi connectivity index (χ2v) is 6.58. The van der Waals surface area contributed by atoms with E-state index >= 15 is 0 Å². The van der Waals surface area contributed by atoms with E-state index in [1.165, 1.54) is 27.6 Å². The molecule has 1 saturated carbocycles. The molecular weight excluding hydrogens is 344 g/mol. The normalized spacial score (nSPS) is 14.7. The van der Waals surface area contributed by atoms with Crippen molar-refractivity contribution in [2.45, 2.75) is 45.1 Å². The highest BCUT2D eigenvalue weighted by atomic mass is 35.5. The van der Waals surface area contributed by atoms with Crippen molar-refractivity contribution in [1.29, 1.82) is 0 Å². The van der Waals surface area contributed by atoms with E-state index < -0.39 is 0 Å². The summed E-state index contributed by atoms with van der Waals surface area (Å²) in [6, 6.07) is 3.33. The van der Waals surface area contributed by atoms with Gasteiger partial charge in [0.25, 0.3) is 0 Å². The molecule has 1 N–H and O–H groups in total. The van der Waals surface area contributed by atoms with Crippen molar-refractivity contribution in [1.82, 2.24) is 4.90 Å². The fourth-order valence-electron chi connectivity index (χ4n) is 3.19. The zero-order valence-corrected chi connectivity index (χ0v) is 15.7. The van der Waals surface area contributed by atoms with Gasteiger partial charge >= 0.3 is 0 Å². The van der Waals surface area contributed by atoms with Gasteiger partial charge in [-0.25, -0.2) is 0 Å². The maximum absolute atomic E-state index is 12.5. The lowest BCUT2D eigenvalue weighted by Gasteiger charge is -2.33. The number of benzene rings is 1. The highest BCUT2D eigenvalue weighted by molar-refractivity contribution is 6.32. The van der Waals surface area contributed by atoms with Crippen molar-refractivity contribution in [3.63, 3.8) is 0 Å². The van der Waals surface area contributed by atoms with Crippen LogP contribution in [-0.2, 0) is 9.59 Å². The van der Waals surface area contributed by atoms with E-state index in [1.54, 1.807) is 17.0 Å². The number of halogens is 1. The minimum absolute atomic E-state index is 0.0219. The van der Waals surface area contributed by atoms with Gasteiger partial charge in [0.1, 0.15) is 18.0 Å². The fourth-order valence-corrected chi connectivity index (χ4v) is 3.42. The van der Waals surface area contributed by atoms with Gasteiger partial charge in [-0.2, -0.15) is 0 Å². The number of hydrogen-bond donors (Lipinski definition) is 1. The first-order valence-corrected chi connectivity index (χ1v) is 8.82. The zero-order valence-electron chi connectivity index (χ0n) is 14.9. The summed E-state index contributed by atoms with van der Waals surface area (Å²) in [5.41, 5.74) is 0.459. The molecule has 1 fully saturated rings. The molecule has 0 saturated heterocycles. The maximum atomic E-state index is 12.5. The topological polar surface area (TPSA) is 67.9 Å². The first-order valence-electron chi connectivity index (χ1n) is 8.44. The molecule has 1 aliphatic carbocycles. The summed E-state index contributed by atoms with van der Waals surface area (Å²) >= 11 is 6.07. The molecule has 0 unspecified atom stereocenters. The number of nitrogens with zero attached hydrogens (tertiary/aromatic N) is 1. The lowest BCUT2D eigenvalue weighted by Crippen LogP contribution is -2.44. The predicted molar refractivity (Wildman–Crippen MR) is 97.4 cm³/mol. The van der Waals surface area contributed by atoms with Crippen LogP contribution in [0, 0.1) is 0 Å². The molecule has 2 rings (SSSR count). The minimum Gasteiger partial charge on any atom is -0.495 e. The van der Waals surface area contributed by atoms with Gasteiger partial charge < -0.3 is 19.7 Å². The van der Waals surface area contributed by atoms with Crippen LogP contribution in [0.15, 0.2) is 12.1 Å². The highest BCUT2D eigenvalue weighted by Crippen LogP contribution is 2.35. The number of nitrogens with one attached hydrogen (secondary N) is 1. The molecule has 0 aliphatic heterocycles. The van der Waals surface area contributed by atoms with Gasteiger partial charge in [-0.1, -0.05) is 30.9 Å². The van der Waals surface area contributed by atoms with Crippen molar-refractivity contribution in [3.8, 4) is 11.5 Å². The van der Waals surface area contributed by atoms with E-state index in [1.807, 2.05) is 0 Å². The van der Waals surface area contributed by atoms with E-state index in [-0.39, 0.29) is 24.4 Å². The average Bonchev–Trinajstić information content (AvgIpc) is 2.61. The van der Waals surface area contributed by atoms with E-state index in [4.69, 9.17) is 21.1 Å². The molecule has 0 aromatic heterocycles. The Morgan fingerprint density at radius 3 is 2.36 bits per heavy atom. The van der Waals surface area contributed by atoms with Crippen molar-refractivity contribution in [3.05, 3.63) is 17.2 Å². The molecule has 0 bridgehead atoms. The lowest BCUT2D eigenvalue weighted by molar-refractivity contribution is -0.135. The minimum atomic E-state index is -0.275. The maximum Gasteiger partial charge on any atom is 0.244 e. The smallest absolute Gasteiger partial charge is 0.244 e. The van der Waals surface area contributed by atoms with Crippen LogP contribution in [0.1, 0.15) is 39.0 Å². The van der Waals surface area contributed by atoms with E-state index in [0.717, 1.165) is 25.7 Å². The molecule has 1 aromatic rings. The number of carbonyl (C=O) groups excluding carboxylic acids is 2. The zero-order chi connectivity index (χ0) is 18.4. The quantitative estimate of drug-likeness (QED) is 0.834. The van der Waals surface area contributed by atoms with Crippen LogP contribution in [0.5, 0.6) is 11.5 Å². The molecule has 138 valence electrons. The summed E-state index contributed by atoms with van der Waals surface area (Å²) in [5, 5.41) is 3.18. The van der Waals surface area contributed by atoms with Crippen LogP contribution in [0.3, 0.4) is 0 Å². The number of hydrogen-bond acceptors (Lipinski definition) is 4. The first kappa shape index (κ1) is 19.4. The van der Waals surface area contributed by atoms with Crippen molar-refractivity contribution >= 4 is 29.1 Å². The van der Waals surface area contributed by atoms with Gasteiger partial charge in [-0.05, 0) is 12.8 Å². The Labute approximate surface area is 153 Å². The lowest BCUT2D eigenvalue weighted by atomic mass is 9.94. The molecule has 0 heterocycles. The van der Waals surface area contributed by atoms with Gasteiger partial charge in [0.05, 0.1) is 24.9 Å². The Morgan fingerprint density at radius 2 is 1.80 bits per heavy atom. The largest absolute Gasteiger partial charge is 0.495 e. The number of carbonyl (C=O) groups is 2. The molecule has 1 aromatic carbocycles. The van der Waals surface area contributed by atoms with Gasteiger partial charge in [-0.3, -0.25) is 9.59 Å². The Kier molecular flexibility index (Phi) is 6.93. The van der Waals surface area contributed by atoms with E-state index in [0.29, 0.717) is 22.2 Å². The van der Waals surface area contributed by atoms with Crippen molar-refractivity contribution in [2.75, 3.05) is 26.1 Å². The second-order valence-electron chi connectivity index (χ2n) is 6.17. The second kappa shape index (κ2) is 8.94. The van der Waals surface area contributed by atoms with Crippen LogP contribution in [-0.4, -0.2) is 43.5 Å². The average molecular weight is 369 g/mol. The summed E-state index contributed by atoms with van der Waals surface area (Å²) < 4.78 is 10.4. The molecule has 7 heteroatoms. The van der Waals surface area contributed by atoms with Gasteiger partial charge in [0.15, 0.2) is 0 Å². The SMILES string of the molecule is COc1cc(NC(=O)CN(C(C)=O)C2CCCCC2)c(OC)cc1Cl. The van der Waals surface area contributed by atoms with Gasteiger partial charge in [0, 0.05) is 25.1 Å².